The molecule has 4 rings (SSSR count). The Bertz CT molecular complexity index is 1080. The molecule has 1 aliphatic carbocycles. The van der Waals surface area contributed by atoms with E-state index in [0.29, 0.717) is 10.6 Å². The summed E-state index contributed by atoms with van der Waals surface area (Å²) in [6.45, 7) is -0.447. The first kappa shape index (κ1) is 17.2. The lowest BCUT2D eigenvalue weighted by Crippen LogP contribution is -2.22. The Morgan fingerprint density at radius 2 is 1.81 bits per heavy atom. The molecule has 0 bridgehead atoms. The lowest BCUT2D eigenvalue weighted by atomic mass is 10.00. The van der Waals surface area contributed by atoms with E-state index in [1.807, 2.05) is 18.2 Å². The van der Waals surface area contributed by atoms with Crippen LogP contribution >= 0.6 is 11.3 Å². The fourth-order valence-electron chi connectivity index (χ4n) is 3.40. The highest BCUT2D eigenvalue weighted by molar-refractivity contribution is 7.14. The first-order valence-electron chi connectivity index (χ1n) is 8.42. The van der Waals surface area contributed by atoms with Gasteiger partial charge >= 0.3 is 5.97 Å². The lowest BCUT2D eigenvalue weighted by molar-refractivity contribution is -0.119. The Morgan fingerprint density at radius 3 is 2.59 bits per heavy atom. The highest BCUT2D eigenvalue weighted by atomic mass is 32.1. The van der Waals surface area contributed by atoms with Crippen LogP contribution in [0.25, 0.3) is 10.8 Å². The summed E-state index contributed by atoms with van der Waals surface area (Å²) in [5.41, 5.74) is 8.38. The number of amides is 2. The number of carbonyl (C=O) groups is 3. The molecule has 0 unspecified atom stereocenters. The van der Waals surface area contributed by atoms with Crippen molar-refractivity contribution in [1.82, 2.24) is 0 Å². The number of rotatable bonds is 5. The predicted molar refractivity (Wildman–Crippen MR) is 103 cm³/mol. The number of hydrogen-bond acceptors (Lipinski definition) is 5. The normalized spacial score (nSPS) is 12.1. The van der Waals surface area contributed by atoms with Gasteiger partial charge in [0.1, 0.15) is 5.00 Å². The minimum atomic E-state index is -0.628. The summed E-state index contributed by atoms with van der Waals surface area (Å²) < 4.78 is 5.18. The average molecular weight is 380 g/mol. The third-order valence-corrected chi connectivity index (χ3v) is 5.44. The van der Waals surface area contributed by atoms with Gasteiger partial charge in [-0.2, -0.15) is 0 Å². The fraction of sp³-hybridized carbons (Fsp3) is 0.150. The van der Waals surface area contributed by atoms with Gasteiger partial charge in [-0.15, -0.1) is 11.3 Å². The van der Waals surface area contributed by atoms with Crippen LogP contribution in [0.5, 0.6) is 0 Å². The van der Waals surface area contributed by atoms with Crippen molar-refractivity contribution in [3.8, 4) is 0 Å². The topological polar surface area (TPSA) is 98.5 Å². The van der Waals surface area contributed by atoms with Gasteiger partial charge in [0.25, 0.3) is 11.8 Å². The van der Waals surface area contributed by atoms with Crippen LogP contribution in [0.2, 0.25) is 0 Å². The van der Waals surface area contributed by atoms with Crippen molar-refractivity contribution in [1.29, 1.82) is 0 Å². The Labute approximate surface area is 158 Å². The second-order valence-corrected chi connectivity index (χ2v) is 7.18. The number of carbonyl (C=O) groups excluding carboxylic acids is 3. The molecule has 1 aliphatic rings. The van der Waals surface area contributed by atoms with Crippen molar-refractivity contribution in [3.63, 3.8) is 0 Å². The molecule has 0 saturated heterocycles. The SMILES string of the molecule is NC(=O)c1ccsc1NC(=O)COC(=O)c1ccc2c3c(cccc13)CC2. The summed E-state index contributed by atoms with van der Waals surface area (Å²) >= 11 is 1.18. The van der Waals surface area contributed by atoms with E-state index in [1.165, 1.54) is 28.5 Å². The van der Waals surface area contributed by atoms with Gasteiger partial charge in [0, 0.05) is 0 Å². The maximum absolute atomic E-state index is 12.5. The molecule has 2 amide bonds. The van der Waals surface area contributed by atoms with Crippen molar-refractivity contribution in [2.75, 3.05) is 11.9 Å². The van der Waals surface area contributed by atoms with Crippen molar-refractivity contribution in [2.45, 2.75) is 12.8 Å². The van der Waals surface area contributed by atoms with Crippen LogP contribution < -0.4 is 11.1 Å². The predicted octanol–water partition coefficient (Wildman–Crippen LogP) is 2.89. The van der Waals surface area contributed by atoms with Gasteiger partial charge in [0.05, 0.1) is 11.1 Å². The molecule has 2 aromatic carbocycles. The smallest absolute Gasteiger partial charge is 0.339 e. The van der Waals surface area contributed by atoms with Crippen LogP contribution in [0.1, 0.15) is 31.8 Å². The van der Waals surface area contributed by atoms with E-state index in [2.05, 4.69) is 11.4 Å². The summed E-state index contributed by atoms with van der Waals surface area (Å²) in [7, 11) is 0. The molecular weight excluding hydrogens is 364 g/mol. The second kappa shape index (κ2) is 6.85. The zero-order chi connectivity index (χ0) is 19.0. The first-order valence-corrected chi connectivity index (χ1v) is 9.30. The largest absolute Gasteiger partial charge is 0.452 e. The Morgan fingerprint density at radius 1 is 1.04 bits per heavy atom. The van der Waals surface area contributed by atoms with Gasteiger partial charge in [0.2, 0.25) is 0 Å². The van der Waals surface area contributed by atoms with E-state index in [1.54, 1.807) is 11.4 Å². The van der Waals surface area contributed by atoms with Crippen LogP contribution in [0, 0.1) is 0 Å². The average Bonchev–Trinajstić information content (AvgIpc) is 3.28. The minimum Gasteiger partial charge on any atom is -0.452 e. The van der Waals surface area contributed by atoms with Crippen molar-refractivity contribution < 1.29 is 19.1 Å². The zero-order valence-electron chi connectivity index (χ0n) is 14.3. The molecule has 3 aromatic rings. The van der Waals surface area contributed by atoms with E-state index in [0.717, 1.165) is 23.6 Å². The van der Waals surface area contributed by atoms with E-state index in [9.17, 15) is 14.4 Å². The number of anilines is 1. The monoisotopic (exact) mass is 380 g/mol. The zero-order valence-corrected chi connectivity index (χ0v) is 15.1. The van der Waals surface area contributed by atoms with Gasteiger partial charge < -0.3 is 15.8 Å². The molecule has 0 radical (unpaired) electrons. The summed E-state index contributed by atoms with van der Waals surface area (Å²) in [6.07, 6.45) is 1.94. The first-order chi connectivity index (χ1) is 13.0. The molecule has 0 saturated carbocycles. The molecule has 0 atom stereocenters. The molecule has 7 heteroatoms. The standard InChI is InChI=1S/C20H16N2O4S/c21-18(24)15-8-9-27-19(15)22-16(23)10-26-20(25)14-7-6-12-5-4-11-2-1-3-13(14)17(11)12/h1-3,6-9H,4-5,10H2,(H2,21,24)(H,22,23). The van der Waals surface area contributed by atoms with Crippen LogP contribution in [-0.4, -0.2) is 24.4 Å². The highest BCUT2D eigenvalue weighted by Gasteiger charge is 2.20. The number of primary amides is 1. The molecule has 1 aromatic heterocycles. The van der Waals surface area contributed by atoms with Crippen LogP contribution in [0.4, 0.5) is 5.00 Å². The number of benzene rings is 2. The van der Waals surface area contributed by atoms with Gasteiger partial charge in [-0.25, -0.2) is 4.79 Å². The summed E-state index contributed by atoms with van der Waals surface area (Å²) in [6, 6.07) is 11.1. The Balaban J connectivity index is 1.47. The molecule has 3 N–H and O–H groups in total. The number of esters is 1. The Hall–Kier alpha value is -3.19. The molecule has 27 heavy (non-hydrogen) atoms. The molecule has 6 nitrogen and oxygen atoms in total. The maximum Gasteiger partial charge on any atom is 0.339 e. The van der Waals surface area contributed by atoms with Gasteiger partial charge in [-0.3, -0.25) is 9.59 Å². The molecule has 1 heterocycles. The molecule has 136 valence electrons. The molecular formula is C20H16N2O4S. The van der Waals surface area contributed by atoms with Crippen molar-refractivity contribution in [2.24, 2.45) is 5.73 Å². The summed E-state index contributed by atoms with van der Waals surface area (Å²) in [4.78, 5) is 35.9. The van der Waals surface area contributed by atoms with Crippen LogP contribution in [-0.2, 0) is 22.4 Å². The quantitative estimate of drug-likeness (QED) is 0.665. The number of aryl methyl sites for hydroxylation is 2. The third-order valence-electron chi connectivity index (χ3n) is 4.61. The number of ether oxygens (including phenoxy) is 1. The maximum atomic E-state index is 12.5. The van der Waals surface area contributed by atoms with Gasteiger partial charge in [-0.1, -0.05) is 24.3 Å². The number of thiophene rings is 1. The molecule has 0 aliphatic heterocycles. The lowest BCUT2D eigenvalue weighted by Gasteiger charge is -2.09. The van der Waals surface area contributed by atoms with E-state index in [4.69, 9.17) is 10.5 Å². The summed E-state index contributed by atoms with van der Waals surface area (Å²) in [5, 5.41) is 6.50. The minimum absolute atomic E-state index is 0.229. The van der Waals surface area contributed by atoms with Gasteiger partial charge in [0.15, 0.2) is 6.61 Å². The summed E-state index contributed by atoms with van der Waals surface area (Å²) in [5.74, 6) is -1.71. The fourth-order valence-corrected chi connectivity index (χ4v) is 4.21. The second-order valence-electron chi connectivity index (χ2n) is 6.26. The van der Waals surface area contributed by atoms with Gasteiger partial charge in [-0.05, 0) is 52.3 Å². The van der Waals surface area contributed by atoms with E-state index >= 15 is 0 Å². The van der Waals surface area contributed by atoms with E-state index in [-0.39, 0.29) is 5.56 Å². The molecule has 0 spiro atoms. The third kappa shape index (κ3) is 3.17. The highest BCUT2D eigenvalue weighted by Crippen LogP contribution is 2.33. The number of nitrogens with one attached hydrogen (secondary N) is 1. The van der Waals surface area contributed by atoms with E-state index < -0.39 is 24.4 Å². The molecule has 0 fully saturated rings. The number of nitrogens with two attached hydrogens (primary N) is 1. The Kier molecular flexibility index (Phi) is 4.37. The van der Waals surface area contributed by atoms with Crippen LogP contribution in [0.15, 0.2) is 41.8 Å². The van der Waals surface area contributed by atoms with Crippen molar-refractivity contribution in [3.05, 3.63) is 64.0 Å². The van der Waals surface area contributed by atoms with Crippen molar-refractivity contribution >= 4 is 44.9 Å². The number of hydrogen-bond donors (Lipinski definition) is 2. The van der Waals surface area contributed by atoms with Crippen LogP contribution in [0.3, 0.4) is 0 Å².